The highest BCUT2D eigenvalue weighted by Crippen LogP contribution is 2.20. The lowest BCUT2D eigenvalue weighted by Crippen LogP contribution is -2.21. The molecule has 1 aromatic carbocycles. The van der Waals surface area contributed by atoms with E-state index in [0.717, 1.165) is 29.4 Å². The third kappa shape index (κ3) is 3.22. The molecular formula is C17H20N4OS. The monoisotopic (exact) mass is 328 g/mol. The molecule has 0 fully saturated rings. The van der Waals surface area contributed by atoms with Crippen molar-refractivity contribution in [2.75, 3.05) is 23.3 Å². The second-order valence-electron chi connectivity index (χ2n) is 5.33. The molecular weight excluding hydrogens is 308 g/mol. The number of thiazole rings is 1. The minimum absolute atomic E-state index is 0.186. The fourth-order valence-corrected chi connectivity index (χ4v) is 3.37. The number of carbonyl (C=O) groups excluding carboxylic acids is 1. The van der Waals surface area contributed by atoms with Crippen LogP contribution in [0.2, 0.25) is 0 Å². The quantitative estimate of drug-likeness (QED) is 0.775. The molecule has 0 aliphatic heterocycles. The van der Waals surface area contributed by atoms with Gasteiger partial charge >= 0.3 is 0 Å². The molecule has 1 amide bonds. The Labute approximate surface area is 139 Å². The van der Waals surface area contributed by atoms with E-state index in [9.17, 15) is 4.79 Å². The van der Waals surface area contributed by atoms with Crippen LogP contribution in [0.15, 0.2) is 36.7 Å². The number of rotatable bonds is 5. The number of hydrogen-bond acceptors (Lipinski definition) is 4. The number of hydrogen-bond donors (Lipinski definition) is 1. The van der Waals surface area contributed by atoms with Gasteiger partial charge in [0.2, 0.25) is 0 Å². The molecule has 0 bridgehead atoms. The van der Waals surface area contributed by atoms with E-state index in [0.29, 0.717) is 5.69 Å². The maximum Gasteiger partial charge on any atom is 0.275 e. The van der Waals surface area contributed by atoms with E-state index in [1.54, 1.807) is 17.5 Å². The molecule has 2 aromatic heterocycles. The first-order valence-electron chi connectivity index (χ1n) is 7.72. The van der Waals surface area contributed by atoms with Gasteiger partial charge in [0.15, 0.2) is 4.96 Å². The van der Waals surface area contributed by atoms with E-state index in [4.69, 9.17) is 0 Å². The van der Waals surface area contributed by atoms with E-state index < -0.39 is 0 Å². The third-order valence-electron chi connectivity index (χ3n) is 3.76. The first-order chi connectivity index (χ1) is 11.1. The minimum atomic E-state index is -0.186. The molecule has 3 aromatic rings. The van der Waals surface area contributed by atoms with Crippen LogP contribution in [0.1, 0.15) is 29.2 Å². The third-order valence-corrected chi connectivity index (χ3v) is 4.67. The average molecular weight is 328 g/mol. The molecule has 0 radical (unpaired) electrons. The van der Waals surface area contributed by atoms with E-state index >= 15 is 0 Å². The number of aryl methyl sites for hydroxylation is 1. The molecule has 6 heteroatoms. The number of imidazole rings is 1. The zero-order valence-corrected chi connectivity index (χ0v) is 14.4. The van der Waals surface area contributed by atoms with Crippen molar-refractivity contribution < 1.29 is 4.79 Å². The average Bonchev–Trinajstić information content (AvgIpc) is 3.07. The first-order valence-corrected chi connectivity index (χ1v) is 8.54. The Morgan fingerprint density at radius 3 is 2.52 bits per heavy atom. The summed E-state index contributed by atoms with van der Waals surface area (Å²) >= 11 is 1.57. The van der Waals surface area contributed by atoms with Crippen LogP contribution in [-0.2, 0) is 0 Å². The smallest absolute Gasteiger partial charge is 0.275 e. The van der Waals surface area contributed by atoms with Gasteiger partial charge in [0.1, 0.15) is 5.69 Å². The number of nitrogens with zero attached hydrogens (tertiary/aromatic N) is 3. The molecule has 0 atom stereocenters. The summed E-state index contributed by atoms with van der Waals surface area (Å²) < 4.78 is 1.89. The van der Waals surface area contributed by atoms with Crippen LogP contribution in [0.5, 0.6) is 0 Å². The number of benzene rings is 1. The molecule has 0 saturated heterocycles. The van der Waals surface area contributed by atoms with Gasteiger partial charge in [-0.2, -0.15) is 0 Å². The molecule has 120 valence electrons. The molecule has 0 aliphatic carbocycles. The highest BCUT2D eigenvalue weighted by molar-refractivity contribution is 7.17. The highest BCUT2D eigenvalue weighted by Gasteiger charge is 2.12. The lowest BCUT2D eigenvalue weighted by Gasteiger charge is -2.21. The van der Waals surface area contributed by atoms with Crippen molar-refractivity contribution in [3.05, 3.63) is 47.2 Å². The fourth-order valence-electron chi connectivity index (χ4n) is 2.56. The van der Waals surface area contributed by atoms with Crippen molar-refractivity contribution in [1.82, 2.24) is 9.38 Å². The summed E-state index contributed by atoms with van der Waals surface area (Å²) in [6.07, 6.45) is 3.74. The SMILES string of the molecule is CCN(CC)c1ccc(NC(=O)c2cn3cc(C)sc3n2)cc1. The molecule has 0 aliphatic rings. The summed E-state index contributed by atoms with van der Waals surface area (Å²) in [6, 6.07) is 7.90. The predicted octanol–water partition coefficient (Wildman–Crippen LogP) is 3.80. The lowest BCUT2D eigenvalue weighted by molar-refractivity contribution is 0.102. The standard InChI is InChI=1S/C17H20N4OS/c1-4-20(5-2)14-8-6-13(7-9-14)18-16(22)15-11-21-10-12(3)23-17(21)19-15/h6-11H,4-5H2,1-3H3,(H,18,22). The summed E-state index contributed by atoms with van der Waals surface area (Å²) in [7, 11) is 0. The molecule has 2 heterocycles. The molecule has 3 rings (SSSR count). The van der Waals surface area contributed by atoms with Crippen LogP contribution in [0.25, 0.3) is 4.96 Å². The van der Waals surface area contributed by atoms with Crippen molar-refractivity contribution in [1.29, 1.82) is 0 Å². The lowest BCUT2D eigenvalue weighted by atomic mass is 10.2. The maximum atomic E-state index is 12.3. The Balaban J connectivity index is 1.73. The second-order valence-corrected chi connectivity index (χ2v) is 6.54. The van der Waals surface area contributed by atoms with E-state index in [1.807, 2.05) is 41.8 Å². The summed E-state index contributed by atoms with van der Waals surface area (Å²) in [5.74, 6) is -0.186. The minimum Gasteiger partial charge on any atom is -0.372 e. The van der Waals surface area contributed by atoms with Crippen molar-refractivity contribution >= 4 is 33.6 Å². The number of nitrogens with one attached hydrogen (secondary N) is 1. The molecule has 0 saturated carbocycles. The topological polar surface area (TPSA) is 49.6 Å². The predicted molar refractivity (Wildman–Crippen MR) is 95.8 cm³/mol. The summed E-state index contributed by atoms with van der Waals surface area (Å²) in [5.41, 5.74) is 2.37. The molecule has 1 N–H and O–H groups in total. The van der Waals surface area contributed by atoms with Crippen molar-refractivity contribution in [2.24, 2.45) is 0 Å². The van der Waals surface area contributed by atoms with E-state index in [-0.39, 0.29) is 5.91 Å². The van der Waals surface area contributed by atoms with Gasteiger partial charge in [-0.05, 0) is 45.0 Å². The van der Waals surface area contributed by atoms with Gasteiger partial charge in [-0.15, -0.1) is 11.3 Å². The van der Waals surface area contributed by atoms with Crippen LogP contribution < -0.4 is 10.2 Å². The Morgan fingerprint density at radius 1 is 1.22 bits per heavy atom. The summed E-state index contributed by atoms with van der Waals surface area (Å²) in [6.45, 7) is 8.22. The van der Waals surface area contributed by atoms with Gasteiger partial charge < -0.3 is 10.2 Å². The second kappa shape index (κ2) is 6.42. The van der Waals surface area contributed by atoms with Crippen molar-refractivity contribution in [3.8, 4) is 0 Å². The van der Waals surface area contributed by atoms with Crippen LogP contribution in [0.4, 0.5) is 11.4 Å². The maximum absolute atomic E-state index is 12.3. The van der Waals surface area contributed by atoms with E-state index in [1.165, 1.54) is 4.88 Å². The molecule has 0 spiro atoms. The van der Waals surface area contributed by atoms with Crippen LogP contribution in [0.3, 0.4) is 0 Å². The zero-order chi connectivity index (χ0) is 16.4. The number of fused-ring (bicyclic) bond motifs is 1. The fraction of sp³-hybridized carbons (Fsp3) is 0.294. The molecule has 23 heavy (non-hydrogen) atoms. The van der Waals surface area contributed by atoms with Gasteiger partial charge in [-0.25, -0.2) is 4.98 Å². The molecule has 0 unspecified atom stereocenters. The van der Waals surface area contributed by atoms with E-state index in [2.05, 4.69) is 29.0 Å². The number of amides is 1. The Bertz CT molecular complexity index is 783. The first kappa shape index (κ1) is 15.6. The Kier molecular flexibility index (Phi) is 4.34. The van der Waals surface area contributed by atoms with Crippen LogP contribution in [-0.4, -0.2) is 28.4 Å². The zero-order valence-electron chi connectivity index (χ0n) is 13.5. The van der Waals surface area contributed by atoms with Crippen molar-refractivity contribution in [3.63, 3.8) is 0 Å². The van der Waals surface area contributed by atoms with Gasteiger partial charge in [-0.3, -0.25) is 9.20 Å². The highest BCUT2D eigenvalue weighted by atomic mass is 32.1. The van der Waals surface area contributed by atoms with Crippen LogP contribution >= 0.6 is 11.3 Å². The van der Waals surface area contributed by atoms with Gasteiger partial charge in [0.25, 0.3) is 5.91 Å². The Hall–Kier alpha value is -2.34. The van der Waals surface area contributed by atoms with Gasteiger partial charge in [0, 0.05) is 41.7 Å². The number of aromatic nitrogens is 2. The Morgan fingerprint density at radius 2 is 1.91 bits per heavy atom. The summed E-state index contributed by atoms with van der Waals surface area (Å²) in [5, 5.41) is 2.90. The number of carbonyl (C=O) groups is 1. The molecule has 5 nitrogen and oxygen atoms in total. The van der Waals surface area contributed by atoms with Crippen LogP contribution in [0, 0.1) is 6.92 Å². The normalized spacial score (nSPS) is 10.9. The summed E-state index contributed by atoms with van der Waals surface area (Å²) in [4.78, 5) is 20.9. The van der Waals surface area contributed by atoms with Crippen molar-refractivity contribution in [2.45, 2.75) is 20.8 Å². The van der Waals surface area contributed by atoms with Gasteiger partial charge in [0.05, 0.1) is 0 Å². The largest absolute Gasteiger partial charge is 0.372 e. The number of anilines is 2. The van der Waals surface area contributed by atoms with Gasteiger partial charge in [-0.1, -0.05) is 0 Å².